The molecule has 0 saturated carbocycles. The first-order chi connectivity index (χ1) is 12.6. The molecule has 0 radical (unpaired) electrons. The molecule has 0 aliphatic carbocycles. The summed E-state index contributed by atoms with van der Waals surface area (Å²) >= 11 is 1.54. The number of hydrogen-bond donors (Lipinski definition) is 1. The van der Waals surface area contributed by atoms with E-state index in [2.05, 4.69) is 5.32 Å². The summed E-state index contributed by atoms with van der Waals surface area (Å²) in [5.41, 5.74) is 1.49. The molecule has 3 rings (SSSR count). The van der Waals surface area contributed by atoms with Crippen molar-refractivity contribution in [2.75, 3.05) is 39.0 Å². The van der Waals surface area contributed by atoms with Gasteiger partial charge in [-0.05, 0) is 18.4 Å². The Bertz CT molecular complexity index is 809. The first kappa shape index (κ1) is 18.3. The number of benzene rings is 2. The van der Waals surface area contributed by atoms with E-state index in [4.69, 9.17) is 18.9 Å². The van der Waals surface area contributed by atoms with Crippen molar-refractivity contribution < 1.29 is 23.7 Å². The Morgan fingerprint density at radius 1 is 1.12 bits per heavy atom. The number of carbonyl (C=O) groups excluding carboxylic acids is 1. The average molecular weight is 375 g/mol. The first-order valence-electron chi connectivity index (χ1n) is 8.13. The summed E-state index contributed by atoms with van der Waals surface area (Å²) in [5.74, 6) is 2.51. The van der Waals surface area contributed by atoms with Gasteiger partial charge in [-0.1, -0.05) is 6.07 Å². The van der Waals surface area contributed by atoms with Crippen molar-refractivity contribution in [3.8, 4) is 23.0 Å². The summed E-state index contributed by atoms with van der Waals surface area (Å²) in [6, 6.07) is 9.10. The summed E-state index contributed by atoms with van der Waals surface area (Å²) in [4.78, 5) is 13.5. The molecule has 26 heavy (non-hydrogen) atoms. The number of hydrogen-bond acceptors (Lipinski definition) is 6. The van der Waals surface area contributed by atoms with E-state index >= 15 is 0 Å². The monoisotopic (exact) mass is 375 g/mol. The van der Waals surface area contributed by atoms with Gasteiger partial charge in [0.25, 0.3) is 0 Å². The summed E-state index contributed by atoms with van der Waals surface area (Å²) in [6.07, 6.45) is 2.14. The minimum Gasteiger partial charge on any atom is -0.497 e. The molecule has 2 aromatic rings. The molecule has 0 atom stereocenters. The molecular weight excluding hydrogens is 354 g/mol. The molecule has 1 aliphatic rings. The molecule has 1 N–H and O–H groups in total. The number of fused-ring (bicyclic) bond motifs is 1. The lowest BCUT2D eigenvalue weighted by Crippen LogP contribution is -2.18. The first-order valence-corrected chi connectivity index (χ1v) is 9.35. The van der Waals surface area contributed by atoms with Crippen molar-refractivity contribution >= 4 is 23.4 Å². The fourth-order valence-corrected chi connectivity index (χ4v) is 3.26. The smallest absolute Gasteiger partial charge is 0.228 e. The number of amides is 1. The highest BCUT2D eigenvalue weighted by molar-refractivity contribution is 7.98. The van der Waals surface area contributed by atoms with Crippen LogP contribution in [-0.4, -0.2) is 39.6 Å². The zero-order valence-corrected chi connectivity index (χ0v) is 15.8. The second-order valence-corrected chi connectivity index (χ2v) is 6.45. The molecule has 1 amide bonds. The molecule has 0 saturated heterocycles. The lowest BCUT2D eigenvalue weighted by Gasteiger charge is -2.21. The highest BCUT2D eigenvalue weighted by Crippen LogP contribution is 2.39. The summed E-state index contributed by atoms with van der Waals surface area (Å²) < 4.78 is 21.7. The van der Waals surface area contributed by atoms with E-state index in [1.165, 1.54) is 11.8 Å². The molecule has 0 aromatic heterocycles. The average Bonchev–Trinajstić information content (AvgIpc) is 2.67. The van der Waals surface area contributed by atoms with E-state index in [0.29, 0.717) is 41.9 Å². The van der Waals surface area contributed by atoms with Crippen LogP contribution in [0, 0.1) is 0 Å². The summed E-state index contributed by atoms with van der Waals surface area (Å²) in [5, 5.41) is 2.96. The van der Waals surface area contributed by atoms with Crippen LogP contribution in [-0.2, 0) is 11.2 Å². The van der Waals surface area contributed by atoms with Crippen LogP contribution in [0.2, 0.25) is 0 Å². The quantitative estimate of drug-likeness (QED) is 0.781. The van der Waals surface area contributed by atoms with Gasteiger partial charge in [0.15, 0.2) is 11.5 Å². The van der Waals surface area contributed by atoms with Gasteiger partial charge in [0, 0.05) is 22.6 Å². The molecule has 0 unspecified atom stereocenters. The predicted octanol–water partition coefficient (Wildman–Crippen LogP) is 3.38. The molecule has 1 heterocycles. The van der Waals surface area contributed by atoms with Gasteiger partial charge in [0.1, 0.15) is 24.7 Å². The normalized spacial score (nSPS) is 12.4. The van der Waals surface area contributed by atoms with Crippen molar-refractivity contribution in [2.45, 2.75) is 11.3 Å². The molecule has 0 bridgehead atoms. The number of carbonyl (C=O) groups is 1. The second-order valence-electron chi connectivity index (χ2n) is 5.60. The maximum absolute atomic E-state index is 12.6. The third-order valence-electron chi connectivity index (χ3n) is 3.98. The van der Waals surface area contributed by atoms with Gasteiger partial charge in [-0.3, -0.25) is 4.79 Å². The van der Waals surface area contributed by atoms with E-state index in [1.807, 2.05) is 30.5 Å². The number of ether oxygens (including phenoxy) is 4. The van der Waals surface area contributed by atoms with Gasteiger partial charge in [-0.25, -0.2) is 0 Å². The van der Waals surface area contributed by atoms with Crippen LogP contribution in [0.4, 0.5) is 5.69 Å². The maximum atomic E-state index is 12.6. The second kappa shape index (κ2) is 8.23. The van der Waals surface area contributed by atoms with Gasteiger partial charge < -0.3 is 24.3 Å². The van der Waals surface area contributed by atoms with E-state index in [9.17, 15) is 4.79 Å². The minimum atomic E-state index is -0.138. The topological polar surface area (TPSA) is 66.0 Å². The van der Waals surface area contributed by atoms with E-state index in [-0.39, 0.29) is 12.3 Å². The maximum Gasteiger partial charge on any atom is 0.228 e. The fourth-order valence-electron chi connectivity index (χ4n) is 2.70. The molecule has 6 nitrogen and oxygen atoms in total. The predicted molar refractivity (Wildman–Crippen MR) is 101 cm³/mol. The Labute approximate surface area is 156 Å². The highest BCUT2D eigenvalue weighted by Gasteiger charge is 2.18. The molecule has 1 aliphatic heterocycles. The number of nitrogens with one attached hydrogen (secondary N) is 1. The van der Waals surface area contributed by atoms with E-state index < -0.39 is 0 Å². The van der Waals surface area contributed by atoms with Gasteiger partial charge in [-0.2, -0.15) is 0 Å². The van der Waals surface area contributed by atoms with Crippen LogP contribution >= 0.6 is 11.8 Å². The lowest BCUT2D eigenvalue weighted by molar-refractivity contribution is -0.115. The van der Waals surface area contributed by atoms with Crippen molar-refractivity contribution in [1.29, 1.82) is 0 Å². The Hall–Kier alpha value is -2.54. The molecular formula is C19H21NO5S. The van der Waals surface area contributed by atoms with Gasteiger partial charge in [0.05, 0.1) is 26.3 Å². The van der Waals surface area contributed by atoms with Gasteiger partial charge in [0.2, 0.25) is 5.91 Å². The Kier molecular flexibility index (Phi) is 5.78. The lowest BCUT2D eigenvalue weighted by atomic mass is 10.1. The Balaban J connectivity index is 1.78. The molecule has 138 valence electrons. The SMILES string of the molecule is COc1ccc(CC(=O)Nc2cc3c(cc2SC)OCCO3)c(OC)c1. The third-order valence-corrected chi connectivity index (χ3v) is 4.76. The van der Waals surface area contributed by atoms with Crippen LogP contribution < -0.4 is 24.3 Å². The standard InChI is InChI=1S/C19H21NO5S/c1-22-13-5-4-12(15(9-13)23-2)8-19(21)20-14-10-16-17(11-18(14)26-3)25-7-6-24-16/h4-5,9-11H,6-8H2,1-3H3,(H,20,21). The molecule has 0 fully saturated rings. The Morgan fingerprint density at radius 2 is 1.85 bits per heavy atom. The van der Waals surface area contributed by atoms with Crippen LogP contribution in [0.1, 0.15) is 5.56 Å². The van der Waals surface area contributed by atoms with Crippen LogP contribution in [0.15, 0.2) is 35.2 Å². The van der Waals surface area contributed by atoms with E-state index in [0.717, 1.165) is 10.5 Å². The highest BCUT2D eigenvalue weighted by atomic mass is 32.2. The van der Waals surface area contributed by atoms with Crippen molar-refractivity contribution in [2.24, 2.45) is 0 Å². The minimum absolute atomic E-state index is 0.138. The Morgan fingerprint density at radius 3 is 2.50 bits per heavy atom. The summed E-state index contributed by atoms with van der Waals surface area (Å²) in [6.45, 7) is 1.03. The molecule has 0 spiro atoms. The van der Waals surface area contributed by atoms with Crippen molar-refractivity contribution in [1.82, 2.24) is 0 Å². The number of thioether (sulfide) groups is 1. The number of methoxy groups -OCH3 is 2. The van der Waals surface area contributed by atoms with Crippen LogP contribution in [0.5, 0.6) is 23.0 Å². The number of rotatable bonds is 6. The van der Waals surface area contributed by atoms with Crippen molar-refractivity contribution in [3.05, 3.63) is 35.9 Å². The number of anilines is 1. The molecule has 2 aromatic carbocycles. The zero-order chi connectivity index (χ0) is 18.5. The van der Waals surface area contributed by atoms with Crippen molar-refractivity contribution in [3.63, 3.8) is 0 Å². The van der Waals surface area contributed by atoms with Gasteiger partial charge >= 0.3 is 0 Å². The van der Waals surface area contributed by atoms with Crippen LogP contribution in [0.3, 0.4) is 0 Å². The summed E-state index contributed by atoms with van der Waals surface area (Å²) in [7, 11) is 3.16. The van der Waals surface area contributed by atoms with E-state index in [1.54, 1.807) is 20.3 Å². The zero-order valence-electron chi connectivity index (χ0n) is 15.0. The molecule has 7 heteroatoms. The van der Waals surface area contributed by atoms with Crippen LogP contribution in [0.25, 0.3) is 0 Å². The van der Waals surface area contributed by atoms with Gasteiger partial charge in [-0.15, -0.1) is 11.8 Å². The largest absolute Gasteiger partial charge is 0.497 e. The third kappa shape index (κ3) is 3.99. The fraction of sp³-hybridized carbons (Fsp3) is 0.316.